The van der Waals surface area contributed by atoms with Gasteiger partial charge in [-0.15, -0.1) is 0 Å². The average molecular weight is 205 g/mol. The van der Waals surface area contributed by atoms with Crippen molar-refractivity contribution in [3.8, 4) is 0 Å². The Bertz CT molecular complexity index is 355. The molecule has 2 nitrogen and oxygen atoms in total. The third-order valence-corrected chi connectivity index (χ3v) is 2.46. The predicted octanol–water partition coefficient (Wildman–Crippen LogP) is 2.76. The summed E-state index contributed by atoms with van der Waals surface area (Å²) in [4.78, 5) is 11.4. The van der Waals surface area contributed by atoms with Gasteiger partial charge in [-0.2, -0.15) is 0 Å². The fraction of sp³-hybridized carbons (Fsp3) is 0.308. The molecule has 15 heavy (non-hydrogen) atoms. The van der Waals surface area contributed by atoms with E-state index in [1.54, 1.807) is 13.0 Å². The van der Waals surface area contributed by atoms with Crippen molar-refractivity contribution < 1.29 is 6.22 Å². The maximum Gasteiger partial charge on any atom is 0.246 e. The molecule has 1 atom stereocenters. The fourth-order valence-corrected chi connectivity index (χ4v) is 1.65. The van der Waals surface area contributed by atoms with Gasteiger partial charge in [-0.05, 0) is 30.9 Å². The number of nitrogens with one attached hydrogen (secondary N) is 1. The second kappa shape index (κ2) is 4.78. The van der Waals surface area contributed by atoms with Crippen LogP contribution in [-0.2, 0) is 4.79 Å². The molecule has 0 radical (unpaired) electrons. The van der Waals surface area contributed by atoms with E-state index >= 15 is 0 Å². The van der Waals surface area contributed by atoms with E-state index in [0.29, 0.717) is 5.57 Å². The zero-order valence-corrected chi connectivity index (χ0v) is 9.18. The quantitative estimate of drug-likeness (QED) is 0.705. The van der Waals surface area contributed by atoms with Gasteiger partial charge >= 0.3 is 0 Å². The molecule has 1 saturated carbocycles. The molecule has 0 aromatic rings. The molecule has 0 bridgehead atoms. The van der Waals surface area contributed by atoms with E-state index in [1.165, 1.54) is 5.57 Å². The summed E-state index contributed by atoms with van der Waals surface area (Å²) in [5, 5.41) is 2.92. The summed E-state index contributed by atoms with van der Waals surface area (Å²) in [6, 6.07) is 0.160. The molecule has 0 aliphatic heterocycles. The van der Waals surface area contributed by atoms with Gasteiger partial charge in [0, 0.05) is 13.0 Å². The molecule has 82 valence electrons. The highest BCUT2D eigenvalue weighted by atomic mass is 16.1. The predicted molar refractivity (Wildman–Crippen MR) is 65.5 cm³/mol. The van der Waals surface area contributed by atoms with Gasteiger partial charge < -0.3 is 5.32 Å². The Balaban J connectivity index is 0.00000225. The minimum absolute atomic E-state index is 0. The molecule has 1 N–H and O–H groups in total. The van der Waals surface area contributed by atoms with Crippen molar-refractivity contribution in [2.45, 2.75) is 25.8 Å². The maximum atomic E-state index is 11.4. The number of carbonyl (C=O) groups excluding carboxylic acids is 1. The lowest BCUT2D eigenvalue weighted by Crippen LogP contribution is -2.32. The van der Waals surface area contributed by atoms with E-state index in [2.05, 4.69) is 25.1 Å². The van der Waals surface area contributed by atoms with E-state index in [9.17, 15) is 4.79 Å². The van der Waals surface area contributed by atoms with Crippen molar-refractivity contribution in [1.29, 1.82) is 0 Å². The van der Waals surface area contributed by atoms with Crippen LogP contribution in [0.3, 0.4) is 0 Å². The Labute approximate surface area is 92.6 Å². The number of amides is 1. The van der Waals surface area contributed by atoms with Gasteiger partial charge in [-0.1, -0.05) is 31.9 Å². The lowest BCUT2D eigenvalue weighted by molar-refractivity contribution is -0.118. The van der Waals surface area contributed by atoms with Crippen LogP contribution in [0.2, 0.25) is 0 Å². The van der Waals surface area contributed by atoms with Gasteiger partial charge in [0.05, 0.1) is 0 Å². The lowest BCUT2D eigenvalue weighted by Gasteiger charge is -2.10. The van der Waals surface area contributed by atoms with Crippen molar-refractivity contribution in [2.75, 3.05) is 0 Å². The molecule has 0 heterocycles. The van der Waals surface area contributed by atoms with E-state index in [1.807, 2.05) is 6.08 Å². The second-order valence-electron chi connectivity index (χ2n) is 3.89. The summed E-state index contributed by atoms with van der Waals surface area (Å²) >= 11 is 0. The van der Waals surface area contributed by atoms with Crippen molar-refractivity contribution in [1.82, 2.24) is 5.32 Å². The largest absolute Gasteiger partial charge is 0.349 e. The summed E-state index contributed by atoms with van der Waals surface area (Å²) in [5.41, 5.74) is 2.81. The van der Waals surface area contributed by atoms with Crippen LogP contribution < -0.4 is 5.32 Å². The highest BCUT2D eigenvalue weighted by Gasteiger charge is 2.23. The highest BCUT2D eigenvalue weighted by molar-refractivity contribution is 5.92. The van der Waals surface area contributed by atoms with Crippen LogP contribution in [-0.4, -0.2) is 11.9 Å². The van der Waals surface area contributed by atoms with Gasteiger partial charge in [0.1, 0.15) is 0 Å². The minimum Gasteiger partial charge on any atom is -0.349 e. The first-order valence-corrected chi connectivity index (χ1v) is 5.00. The van der Waals surface area contributed by atoms with Crippen LogP contribution in [0.5, 0.6) is 0 Å². The Morgan fingerprint density at radius 1 is 1.60 bits per heavy atom. The van der Waals surface area contributed by atoms with Gasteiger partial charge in [0.2, 0.25) is 5.91 Å². The molecule has 1 amide bonds. The van der Waals surface area contributed by atoms with Gasteiger partial charge in [-0.3, -0.25) is 4.79 Å². The van der Waals surface area contributed by atoms with Crippen LogP contribution in [0.15, 0.2) is 48.6 Å². The molecule has 1 aliphatic carbocycles. The third kappa shape index (κ3) is 2.94. The van der Waals surface area contributed by atoms with Crippen LogP contribution in [0, 0.1) is 0 Å². The van der Waals surface area contributed by atoms with E-state index < -0.39 is 0 Å². The molecular weight excluding hydrogens is 186 g/mol. The van der Waals surface area contributed by atoms with Crippen LogP contribution in [0.25, 0.3) is 0 Å². The van der Waals surface area contributed by atoms with E-state index in [0.717, 1.165) is 18.4 Å². The zero-order chi connectivity index (χ0) is 11.4. The Kier molecular flexibility index (Phi) is 3.67. The average Bonchev–Trinajstić information content (AvgIpc) is 2.47. The summed E-state index contributed by atoms with van der Waals surface area (Å²) in [6.45, 7) is 12.9. The molecule has 2 heteroatoms. The molecular formula is C13H19NO. The van der Waals surface area contributed by atoms with Gasteiger partial charge in [0.25, 0.3) is 0 Å². The first-order valence-electron chi connectivity index (χ1n) is 5.00. The van der Waals surface area contributed by atoms with Crippen molar-refractivity contribution in [2.24, 2.45) is 0 Å². The number of hydrogen-bond acceptors (Lipinski definition) is 1. The summed E-state index contributed by atoms with van der Waals surface area (Å²) in [7, 11) is 0. The van der Waals surface area contributed by atoms with Crippen LogP contribution in [0.4, 0.5) is 0 Å². The second-order valence-corrected chi connectivity index (χ2v) is 3.89. The van der Waals surface area contributed by atoms with Crippen LogP contribution in [0.1, 0.15) is 21.2 Å². The maximum absolute atomic E-state index is 11.4. The summed E-state index contributed by atoms with van der Waals surface area (Å²) in [5.74, 6) is -0.0762. The summed E-state index contributed by atoms with van der Waals surface area (Å²) < 4.78 is 0. The fourth-order valence-electron chi connectivity index (χ4n) is 1.65. The standard InChI is InChI=1S/C13H17NO.H2/c1-5-6-11-8-12(7-10(11)4)14-13(15)9(2)3;/h5-6,12H,1-2,4,7-8H2,3H3,(H,14,15);1H/b11-6-;. The smallest absolute Gasteiger partial charge is 0.246 e. The number of rotatable bonds is 3. The SMILES string of the molecule is C=C/C=C1/CC(NC(=O)C(=C)C)CC1=C.[HH]. The Hall–Kier alpha value is -1.57. The van der Waals surface area contributed by atoms with Gasteiger partial charge in [0.15, 0.2) is 0 Å². The van der Waals surface area contributed by atoms with Gasteiger partial charge in [-0.25, -0.2) is 0 Å². The molecule has 0 spiro atoms. The zero-order valence-electron chi connectivity index (χ0n) is 9.18. The van der Waals surface area contributed by atoms with E-state index in [-0.39, 0.29) is 13.4 Å². The Morgan fingerprint density at radius 3 is 2.80 bits per heavy atom. The molecule has 0 aromatic carbocycles. The monoisotopic (exact) mass is 205 g/mol. The van der Waals surface area contributed by atoms with Crippen LogP contribution >= 0.6 is 0 Å². The number of hydrogen-bond donors (Lipinski definition) is 1. The van der Waals surface area contributed by atoms with Crippen molar-refractivity contribution in [3.63, 3.8) is 0 Å². The molecule has 1 unspecified atom stereocenters. The molecule has 0 aromatic heterocycles. The molecule has 0 saturated heterocycles. The number of carbonyl (C=O) groups is 1. The first-order chi connectivity index (χ1) is 7.04. The molecule has 1 fully saturated rings. The molecule has 1 aliphatic rings. The minimum atomic E-state index is -0.0762. The third-order valence-electron chi connectivity index (χ3n) is 2.46. The number of allylic oxidation sites excluding steroid dienone is 2. The Morgan fingerprint density at radius 2 is 2.27 bits per heavy atom. The topological polar surface area (TPSA) is 29.1 Å². The summed E-state index contributed by atoms with van der Waals surface area (Å²) in [6.07, 6.45) is 5.36. The first kappa shape index (κ1) is 11.5. The normalized spacial score (nSPS) is 22.9. The van der Waals surface area contributed by atoms with E-state index in [4.69, 9.17) is 0 Å². The van der Waals surface area contributed by atoms with Crippen molar-refractivity contribution in [3.05, 3.63) is 48.6 Å². The molecule has 1 rings (SSSR count). The van der Waals surface area contributed by atoms with Crippen molar-refractivity contribution >= 4 is 5.91 Å². The highest BCUT2D eigenvalue weighted by Crippen LogP contribution is 2.29. The lowest BCUT2D eigenvalue weighted by atomic mass is 10.1.